The molecule has 0 atom stereocenters. The van der Waals surface area contributed by atoms with Gasteiger partial charge in [-0.1, -0.05) is 17.7 Å². The van der Waals surface area contributed by atoms with Crippen molar-refractivity contribution >= 4 is 9.84 Å². The zero-order chi connectivity index (χ0) is 14.2. The first-order valence-corrected chi connectivity index (χ1v) is 9.24. The van der Waals surface area contributed by atoms with Crippen molar-refractivity contribution in [1.82, 2.24) is 5.32 Å². The van der Waals surface area contributed by atoms with Crippen LogP contribution >= 0.6 is 0 Å². The third-order valence-corrected chi connectivity index (χ3v) is 6.12. The molecule has 1 aromatic carbocycles. The molecule has 110 valence electrons. The molecule has 2 fully saturated rings. The van der Waals surface area contributed by atoms with E-state index in [9.17, 15) is 8.42 Å². The first-order valence-electron chi connectivity index (χ1n) is 7.59. The lowest BCUT2D eigenvalue weighted by molar-refractivity contribution is 0.427. The molecule has 0 aromatic heterocycles. The average molecular weight is 293 g/mol. The highest BCUT2D eigenvalue weighted by Crippen LogP contribution is 2.44. The lowest BCUT2D eigenvalue weighted by Crippen LogP contribution is -2.36. The summed E-state index contributed by atoms with van der Waals surface area (Å²) in [7, 11) is -3.15. The van der Waals surface area contributed by atoms with Crippen molar-refractivity contribution in [2.75, 3.05) is 12.3 Å². The van der Waals surface area contributed by atoms with Crippen LogP contribution in [0.5, 0.6) is 0 Å². The molecule has 1 N–H and O–H groups in total. The van der Waals surface area contributed by atoms with Crippen LogP contribution in [0.25, 0.3) is 0 Å². The molecule has 0 saturated heterocycles. The zero-order valence-electron chi connectivity index (χ0n) is 12.0. The van der Waals surface area contributed by atoms with Gasteiger partial charge in [0.15, 0.2) is 9.84 Å². The minimum Gasteiger partial charge on any atom is -0.312 e. The molecule has 2 saturated carbocycles. The number of hydrogen-bond donors (Lipinski definition) is 1. The molecular formula is C16H23NO2S. The van der Waals surface area contributed by atoms with E-state index in [0.29, 0.717) is 17.5 Å². The molecule has 0 amide bonds. The lowest BCUT2D eigenvalue weighted by atomic mass is 10.1. The van der Waals surface area contributed by atoms with Crippen LogP contribution in [-0.2, 0) is 9.84 Å². The molecule has 3 rings (SSSR count). The van der Waals surface area contributed by atoms with Crippen LogP contribution in [0.15, 0.2) is 29.2 Å². The second kappa shape index (κ2) is 5.49. The molecule has 0 bridgehead atoms. The van der Waals surface area contributed by atoms with Crippen LogP contribution in [0.4, 0.5) is 0 Å². The van der Waals surface area contributed by atoms with Gasteiger partial charge in [-0.15, -0.1) is 0 Å². The van der Waals surface area contributed by atoms with Gasteiger partial charge in [0.25, 0.3) is 0 Å². The fourth-order valence-electron chi connectivity index (χ4n) is 2.85. The van der Waals surface area contributed by atoms with Crippen LogP contribution in [0.3, 0.4) is 0 Å². The van der Waals surface area contributed by atoms with Gasteiger partial charge in [0.05, 0.1) is 10.6 Å². The fourth-order valence-corrected chi connectivity index (χ4v) is 4.03. The Morgan fingerprint density at radius 1 is 1.10 bits per heavy atom. The largest absolute Gasteiger partial charge is 0.312 e. The molecule has 2 aliphatic rings. The lowest BCUT2D eigenvalue weighted by Gasteiger charge is -2.17. The SMILES string of the molecule is Cc1ccc(S(=O)(=O)CCNC(C2CC2)C2CC2)cc1. The van der Waals surface area contributed by atoms with Gasteiger partial charge >= 0.3 is 0 Å². The van der Waals surface area contributed by atoms with Crippen LogP contribution < -0.4 is 5.32 Å². The summed E-state index contributed by atoms with van der Waals surface area (Å²) in [5.41, 5.74) is 1.09. The normalized spacial score (nSPS) is 19.5. The van der Waals surface area contributed by atoms with Gasteiger partial charge in [-0.2, -0.15) is 0 Å². The zero-order valence-corrected chi connectivity index (χ0v) is 12.8. The van der Waals surface area contributed by atoms with Crippen molar-refractivity contribution in [3.05, 3.63) is 29.8 Å². The Bertz CT molecular complexity index is 545. The third kappa shape index (κ3) is 3.41. The monoisotopic (exact) mass is 293 g/mol. The first kappa shape index (κ1) is 14.1. The predicted molar refractivity (Wildman–Crippen MR) is 80.5 cm³/mol. The molecule has 20 heavy (non-hydrogen) atoms. The van der Waals surface area contributed by atoms with Crippen LogP contribution in [-0.4, -0.2) is 26.8 Å². The van der Waals surface area contributed by atoms with Crippen molar-refractivity contribution in [2.24, 2.45) is 11.8 Å². The molecule has 0 heterocycles. The molecule has 0 radical (unpaired) electrons. The summed E-state index contributed by atoms with van der Waals surface area (Å²) >= 11 is 0. The second-order valence-corrected chi connectivity index (χ2v) is 8.40. The number of rotatable bonds is 7. The van der Waals surface area contributed by atoms with Gasteiger partial charge in [0.2, 0.25) is 0 Å². The van der Waals surface area contributed by atoms with Crippen molar-refractivity contribution in [3.63, 3.8) is 0 Å². The third-order valence-electron chi connectivity index (χ3n) is 4.39. The number of aryl methyl sites for hydroxylation is 1. The molecule has 0 spiro atoms. The highest BCUT2D eigenvalue weighted by molar-refractivity contribution is 7.91. The quantitative estimate of drug-likeness (QED) is 0.840. The summed E-state index contributed by atoms with van der Waals surface area (Å²) in [4.78, 5) is 0.444. The number of sulfone groups is 1. The number of benzene rings is 1. The van der Waals surface area contributed by atoms with E-state index >= 15 is 0 Å². The van der Waals surface area contributed by atoms with Crippen LogP contribution in [0.1, 0.15) is 31.2 Å². The van der Waals surface area contributed by atoms with E-state index in [1.54, 1.807) is 12.1 Å². The molecule has 4 heteroatoms. The van der Waals surface area contributed by atoms with Gasteiger partial charge in [-0.25, -0.2) is 8.42 Å². The standard InChI is InChI=1S/C16H23NO2S/c1-12-2-8-15(9-3-12)20(18,19)11-10-17-16(13-4-5-13)14-6-7-14/h2-3,8-9,13-14,16-17H,4-7,10-11H2,1H3. The first-order chi connectivity index (χ1) is 9.56. The van der Waals surface area contributed by atoms with Crippen LogP contribution in [0, 0.1) is 18.8 Å². The smallest absolute Gasteiger partial charge is 0.179 e. The fraction of sp³-hybridized carbons (Fsp3) is 0.625. The van der Waals surface area contributed by atoms with E-state index in [0.717, 1.165) is 17.4 Å². The van der Waals surface area contributed by atoms with E-state index in [1.165, 1.54) is 25.7 Å². The Morgan fingerprint density at radius 2 is 1.65 bits per heavy atom. The van der Waals surface area contributed by atoms with E-state index in [1.807, 2.05) is 19.1 Å². The van der Waals surface area contributed by atoms with E-state index < -0.39 is 9.84 Å². The molecule has 2 aliphatic carbocycles. The Kier molecular flexibility index (Phi) is 3.87. The van der Waals surface area contributed by atoms with Crippen molar-refractivity contribution in [1.29, 1.82) is 0 Å². The van der Waals surface area contributed by atoms with Crippen LogP contribution in [0.2, 0.25) is 0 Å². The molecule has 0 unspecified atom stereocenters. The Balaban J connectivity index is 1.55. The number of nitrogens with one attached hydrogen (secondary N) is 1. The maximum absolute atomic E-state index is 12.3. The van der Waals surface area contributed by atoms with E-state index in [4.69, 9.17) is 0 Å². The van der Waals surface area contributed by atoms with Gasteiger partial charge in [-0.3, -0.25) is 0 Å². The Hall–Kier alpha value is -0.870. The summed E-state index contributed by atoms with van der Waals surface area (Å²) in [5.74, 6) is 1.82. The Labute approximate surface area is 121 Å². The van der Waals surface area contributed by atoms with E-state index in [2.05, 4.69) is 5.32 Å². The average Bonchev–Trinajstić information content (AvgIpc) is 3.28. The summed E-state index contributed by atoms with van der Waals surface area (Å²) in [6, 6.07) is 7.71. The maximum atomic E-state index is 12.3. The number of hydrogen-bond acceptors (Lipinski definition) is 3. The minimum atomic E-state index is -3.15. The summed E-state index contributed by atoms with van der Waals surface area (Å²) in [6.07, 6.45) is 5.27. The maximum Gasteiger partial charge on any atom is 0.179 e. The minimum absolute atomic E-state index is 0.200. The van der Waals surface area contributed by atoms with Gasteiger partial charge < -0.3 is 5.32 Å². The highest BCUT2D eigenvalue weighted by Gasteiger charge is 2.41. The van der Waals surface area contributed by atoms with E-state index in [-0.39, 0.29) is 5.75 Å². The predicted octanol–water partition coefficient (Wildman–Crippen LogP) is 2.55. The molecule has 1 aromatic rings. The van der Waals surface area contributed by atoms with Crippen molar-refractivity contribution < 1.29 is 8.42 Å². The topological polar surface area (TPSA) is 46.2 Å². The molecular weight excluding hydrogens is 270 g/mol. The van der Waals surface area contributed by atoms with Crippen molar-refractivity contribution in [2.45, 2.75) is 43.5 Å². The van der Waals surface area contributed by atoms with Gasteiger partial charge in [0.1, 0.15) is 0 Å². The van der Waals surface area contributed by atoms with Crippen molar-refractivity contribution in [3.8, 4) is 0 Å². The van der Waals surface area contributed by atoms with Gasteiger partial charge in [-0.05, 0) is 56.6 Å². The Morgan fingerprint density at radius 3 is 2.15 bits per heavy atom. The molecule has 0 aliphatic heterocycles. The second-order valence-electron chi connectivity index (χ2n) is 6.29. The molecule has 3 nitrogen and oxygen atoms in total. The summed E-state index contributed by atoms with van der Waals surface area (Å²) < 4.78 is 24.5. The summed E-state index contributed by atoms with van der Waals surface area (Å²) in [5, 5.41) is 3.50. The summed E-state index contributed by atoms with van der Waals surface area (Å²) in [6.45, 7) is 2.54. The highest BCUT2D eigenvalue weighted by atomic mass is 32.2. The van der Waals surface area contributed by atoms with Gasteiger partial charge in [0, 0.05) is 12.6 Å².